The van der Waals surface area contributed by atoms with Crippen LogP contribution in [0.5, 0.6) is 0 Å². The molecule has 0 saturated heterocycles. The fourth-order valence-electron chi connectivity index (χ4n) is 4.35. The van der Waals surface area contributed by atoms with Gasteiger partial charge < -0.3 is 14.5 Å². The first kappa shape index (κ1) is 22.8. The number of alkyl halides is 3. The van der Waals surface area contributed by atoms with Crippen LogP contribution in [0.1, 0.15) is 43.1 Å². The number of imidazole rings is 2. The van der Waals surface area contributed by atoms with E-state index in [0.29, 0.717) is 40.1 Å². The summed E-state index contributed by atoms with van der Waals surface area (Å²) >= 11 is 0. The molecular formula is C24H23F3N8. The molecule has 5 rings (SSSR count). The molecular weight excluding hydrogens is 457 g/mol. The predicted octanol–water partition coefficient (Wildman–Crippen LogP) is 4.77. The molecule has 11 heteroatoms. The molecule has 35 heavy (non-hydrogen) atoms. The largest absolute Gasteiger partial charge is 0.416 e. The highest BCUT2D eigenvalue weighted by molar-refractivity contribution is 5.87. The van der Waals surface area contributed by atoms with Gasteiger partial charge in [-0.15, -0.1) is 0 Å². The lowest BCUT2D eigenvalue weighted by atomic mass is 9.80. The van der Waals surface area contributed by atoms with Gasteiger partial charge in [0.2, 0.25) is 5.82 Å². The Bertz CT molecular complexity index is 1410. The van der Waals surface area contributed by atoms with Crippen molar-refractivity contribution in [1.82, 2.24) is 29.1 Å². The molecule has 0 amide bonds. The van der Waals surface area contributed by atoms with Gasteiger partial charge in [0.1, 0.15) is 11.6 Å². The van der Waals surface area contributed by atoms with Gasteiger partial charge in [0.05, 0.1) is 5.56 Å². The minimum absolute atomic E-state index is 0.00798. The third-order valence-electron chi connectivity index (χ3n) is 6.57. The molecule has 1 fully saturated rings. The number of anilines is 1. The summed E-state index contributed by atoms with van der Waals surface area (Å²) in [6.45, 7) is 2.30. The monoisotopic (exact) mass is 480 g/mol. The first-order chi connectivity index (χ1) is 16.7. The molecule has 0 bridgehead atoms. The van der Waals surface area contributed by atoms with Gasteiger partial charge in [-0.1, -0.05) is 18.6 Å². The predicted molar refractivity (Wildman–Crippen MR) is 123 cm³/mol. The highest BCUT2D eigenvalue weighted by Crippen LogP contribution is 2.34. The first-order valence-corrected chi connectivity index (χ1v) is 11.3. The third kappa shape index (κ3) is 4.32. The molecule has 1 aliphatic rings. The highest BCUT2D eigenvalue weighted by Gasteiger charge is 2.30. The van der Waals surface area contributed by atoms with Gasteiger partial charge in [-0.25, -0.2) is 9.97 Å². The summed E-state index contributed by atoms with van der Waals surface area (Å²) < 4.78 is 42.8. The standard InChI is InChI=1S/C24H23F3N8/c1-14(16-4-3-5-16)30-20-19-21(32-18(12-28)31-20)33-23(22-29-10-11-34(22)2)35(19)13-15-6-8-17(9-7-15)24(25,26)27/h6-11,14,16H,3-5,13H2,1-2H3,(H,30,31,32). The highest BCUT2D eigenvalue weighted by atomic mass is 19.4. The minimum Gasteiger partial charge on any atom is -0.365 e. The van der Waals surface area contributed by atoms with E-state index < -0.39 is 11.7 Å². The summed E-state index contributed by atoms with van der Waals surface area (Å²) in [5, 5.41) is 13.0. The molecule has 0 spiro atoms. The van der Waals surface area contributed by atoms with Crippen LogP contribution in [0.4, 0.5) is 19.0 Å². The van der Waals surface area contributed by atoms with Crippen LogP contribution in [0.25, 0.3) is 22.8 Å². The number of aromatic nitrogens is 6. The van der Waals surface area contributed by atoms with Gasteiger partial charge in [-0.3, -0.25) is 0 Å². The SMILES string of the molecule is CC(Nc1nc(C#N)nc2nc(-c3nccn3C)n(Cc3ccc(C(F)(F)F)cc3)c12)C1CCC1. The maximum atomic E-state index is 13.1. The van der Waals surface area contributed by atoms with Gasteiger partial charge >= 0.3 is 6.18 Å². The van der Waals surface area contributed by atoms with Crippen LogP contribution in [0.2, 0.25) is 0 Å². The smallest absolute Gasteiger partial charge is 0.365 e. The van der Waals surface area contributed by atoms with Gasteiger partial charge in [0.25, 0.3) is 0 Å². The van der Waals surface area contributed by atoms with Gasteiger partial charge in [-0.2, -0.15) is 28.4 Å². The van der Waals surface area contributed by atoms with Crippen LogP contribution in [-0.2, 0) is 19.8 Å². The number of hydrogen-bond donors (Lipinski definition) is 1. The topological polar surface area (TPSA) is 97.2 Å². The lowest BCUT2D eigenvalue weighted by Crippen LogP contribution is -2.31. The lowest BCUT2D eigenvalue weighted by molar-refractivity contribution is -0.137. The summed E-state index contributed by atoms with van der Waals surface area (Å²) in [5.41, 5.74) is 0.840. The van der Waals surface area contributed by atoms with Crippen LogP contribution >= 0.6 is 0 Å². The molecule has 180 valence electrons. The second-order valence-electron chi connectivity index (χ2n) is 8.88. The van der Waals surface area contributed by atoms with Crippen LogP contribution in [0.15, 0.2) is 36.7 Å². The molecule has 1 N–H and O–H groups in total. The van der Waals surface area contributed by atoms with Crippen LogP contribution < -0.4 is 5.32 Å². The molecule has 1 atom stereocenters. The first-order valence-electron chi connectivity index (χ1n) is 11.3. The lowest BCUT2D eigenvalue weighted by Gasteiger charge is -2.32. The van der Waals surface area contributed by atoms with Crippen molar-refractivity contribution >= 4 is 17.0 Å². The number of fused-ring (bicyclic) bond motifs is 1. The second-order valence-corrected chi connectivity index (χ2v) is 8.88. The zero-order chi connectivity index (χ0) is 24.7. The molecule has 8 nitrogen and oxygen atoms in total. The minimum atomic E-state index is -4.41. The molecule has 3 aromatic heterocycles. The van der Waals surface area contributed by atoms with Crippen LogP contribution in [-0.4, -0.2) is 35.1 Å². The number of hydrogen-bond acceptors (Lipinski definition) is 6. The van der Waals surface area contributed by atoms with E-state index in [0.717, 1.165) is 25.0 Å². The molecule has 0 aliphatic heterocycles. The van der Waals surface area contributed by atoms with Crippen molar-refractivity contribution < 1.29 is 13.2 Å². The number of aryl methyl sites for hydroxylation is 1. The Kier molecular flexibility index (Phi) is 5.67. The van der Waals surface area contributed by atoms with Gasteiger partial charge in [-0.05, 0) is 43.4 Å². The number of benzene rings is 1. The average molecular weight is 480 g/mol. The summed E-state index contributed by atoms with van der Waals surface area (Å²) in [6, 6.07) is 7.15. The number of nitrogens with one attached hydrogen (secondary N) is 1. The molecule has 0 radical (unpaired) electrons. The normalized spacial score (nSPS) is 15.1. The van der Waals surface area contributed by atoms with E-state index >= 15 is 0 Å². The van der Waals surface area contributed by atoms with E-state index in [9.17, 15) is 18.4 Å². The molecule has 3 heterocycles. The number of rotatable bonds is 6. The molecule has 1 unspecified atom stereocenters. The Balaban J connectivity index is 1.65. The van der Waals surface area contributed by atoms with Gasteiger partial charge in [0.15, 0.2) is 23.1 Å². The van der Waals surface area contributed by atoms with Crippen LogP contribution in [0, 0.1) is 17.2 Å². The van der Waals surface area contributed by atoms with Crippen molar-refractivity contribution in [1.29, 1.82) is 5.26 Å². The number of halogens is 3. The quantitative estimate of drug-likeness (QED) is 0.427. The summed E-state index contributed by atoms with van der Waals surface area (Å²) in [4.78, 5) is 17.9. The Morgan fingerprint density at radius 2 is 1.89 bits per heavy atom. The van der Waals surface area contributed by atoms with Crippen molar-refractivity contribution in [2.75, 3.05) is 5.32 Å². The Morgan fingerprint density at radius 3 is 2.46 bits per heavy atom. The second kappa shape index (κ2) is 8.69. The fourth-order valence-corrected chi connectivity index (χ4v) is 4.35. The maximum Gasteiger partial charge on any atom is 0.416 e. The fraction of sp³-hybridized carbons (Fsp3) is 0.375. The Morgan fingerprint density at radius 1 is 1.14 bits per heavy atom. The molecule has 4 aromatic rings. The van der Waals surface area contributed by atoms with Crippen molar-refractivity contribution in [2.45, 2.75) is 44.9 Å². The van der Waals surface area contributed by atoms with E-state index in [2.05, 4.69) is 32.2 Å². The third-order valence-corrected chi connectivity index (χ3v) is 6.57. The van der Waals surface area contributed by atoms with E-state index in [1.54, 1.807) is 17.0 Å². The zero-order valence-electron chi connectivity index (χ0n) is 19.2. The van der Waals surface area contributed by atoms with E-state index in [4.69, 9.17) is 0 Å². The summed E-state index contributed by atoms with van der Waals surface area (Å²) in [6.07, 6.45) is 2.44. The van der Waals surface area contributed by atoms with Gasteiger partial charge in [0, 0.05) is 32.0 Å². The number of nitrogens with zero attached hydrogens (tertiary/aromatic N) is 7. The molecule has 1 aromatic carbocycles. The van der Waals surface area contributed by atoms with Crippen molar-refractivity contribution in [3.63, 3.8) is 0 Å². The summed E-state index contributed by atoms with van der Waals surface area (Å²) in [5.74, 6) is 2.02. The molecule has 1 aliphatic carbocycles. The number of nitriles is 1. The van der Waals surface area contributed by atoms with E-state index in [1.165, 1.54) is 18.6 Å². The zero-order valence-corrected chi connectivity index (χ0v) is 19.2. The van der Waals surface area contributed by atoms with Crippen molar-refractivity contribution in [2.24, 2.45) is 13.0 Å². The average Bonchev–Trinajstić information content (AvgIpc) is 3.35. The van der Waals surface area contributed by atoms with E-state index in [1.807, 2.05) is 17.7 Å². The maximum absolute atomic E-state index is 13.1. The molecule has 1 saturated carbocycles. The van der Waals surface area contributed by atoms with E-state index in [-0.39, 0.29) is 18.4 Å². The summed E-state index contributed by atoms with van der Waals surface area (Å²) in [7, 11) is 1.83. The van der Waals surface area contributed by atoms with Crippen LogP contribution in [0.3, 0.4) is 0 Å². The van der Waals surface area contributed by atoms with Crippen molar-refractivity contribution in [3.8, 4) is 17.7 Å². The van der Waals surface area contributed by atoms with Crippen molar-refractivity contribution in [3.05, 3.63) is 53.6 Å². The Hall–Kier alpha value is -3.94. The Labute approximate surface area is 199 Å².